The molecule has 5 atom stereocenters. The lowest BCUT2D eigenvalue weighted by molar-refractivity contribution is -0.141. The maximum Gasteiger partial charge on any atom is 0.326 e. The van der Waals surface area contributed by atoms with Gasteiger partial charge in [0.2, 0.25) is 0 Å². The number of aliphatic carboxylic acids is 1. The van der Waals surface area contributed by atoms with Crippen molar-refractivity contribution in [3.8, 4) is 0 Å². The van der Waals surface area contributed by atoms with Crippen molar-refractivity contribution >= 4 is 12.0 Å². The van der Waals surface area contributed by atoms with E-state index in [2.05, 4.69) is 19.2 Å². The first-order chi connectivity index (χ1) is 9.38. The van der Waals surface area contributed by atoms with Crippen LogP contribution in [0.25, 0.3) is 0 Å². The number of carboxylic acid groups (broad SMARTS) is 1. The number of β-amino-alcohol motifs (C(OH)–C–C–N with tert-alkyl or cyclic N) is 1. The molecule has 2 amide bonds. The number of hydrogen-bond acceptors (Lipinski definition) is 3. The monoisotopic (exact) mass is 284 g/mol. The Morgan fingerprint density at radius 1 is 1.15 bits per heavy atom. The van der Waals surface area contributed by atoms with Gasteiger partial charge in [0.15, 0.2) is 0 Å². The molecule has 6 heteroatoms. The molecule has 2 fully saturated rings. The second kappa shape index (κ2) is 5.99. The SMILES string of the molecule is CC1CCC(NC(=O)N2C[C@H](O)C[C@@H]2C(=O)O)CC1C. The summed E-state index contributed by atoms with van der Waals surface area (Å²) < 4.78 is 0. The zero-order valence-corrected chi connectivity index (χ0v) is 12.1. The number of amides is 2. The van der Waals surface area contributed by atoms with Crippen LogP contribution < -0.4 is 5.32 Å². The first kappa shape index (κ1) is 15.1. The smallest absolute Gasteiger partial charge is 0.326 e. The standard InChI is InChI=1S/C14H24N2O4/c1-8-3-4-10(5-9(8)2)15-14(20)16-7-11(17)6-12(16)13(18)19/h8-12,17H,3-7H2,1-2H3,(H,15,20)(H,18,19)/t8?,9?,10?,11-,12-/m1/s1. The van der Waals surface area contributed by atoms with Crippen molar-refractivity contribution < 1.29 is 19.8 Å². The first-order valence-corrected chi connectivity index (χ1v) is 7.36. The minimum absolute atomic E-state index is 0.0987. The molecule has 2 rings (SSSR count). The number of carboxylic acids is 1. The molecule has 2 aliphatic rings. The Labute approximate surface area is 119 Å². The topological polar surface area (TPSA) is 89.9 Å². The Kier molecular flexibility index (Phi) is 4.52. The molecule has 0 aromatic carbocycles. The molecule has 1 aliphatic heterocycles. The predicted molar refractivity (Wildman–Crippen MR) is 73.3 cm³/mol. The van der Waals surface area contributed by atoms with Gasteiger partial charge in [0.05, 0.1) is 6.10 Å². The molecule has 6 nitrogen and oxygen atoms in total. The van der Waals surface area contributed by atoms with Crippen LogP contribution in [0.15, 0.2) is 0 Å². The van der Waals surface area contributed by atoms with Gasteiger partial charge in [-0.25, -0.2) is 9.59 Å². The molecular formula is C14H24N2O4. The summed E-state index contributed by atoms with van der Waals surface area (Å²) in [6.07, 6.45) is 2.32. The summed E-state index contributed by atoms with van der Waals surface area (Å²) >= 11 is 0. The van der Waals surface area contributed by atoms with Crippen LogP contribution in [0.2, 0.25) is 0 Å². The molecule has 1 aliphatic carbocycles. The Bertz CT molecular complexity index is 387. The molecule has 1 heterocycles. The van der Waals surface area contributed by atoms with E-state index in [0.29, 0.717) is 11.8 Å². The van der Waals surface area contributed by atoms with Gasteiger partial charge in [-0.3, -0.25) is 0 Å². The molecule has 0 radical (unpaired) electrons. The number of aliphatic hydroxyl groups excluding tert-OH is 1. The highest BCUT2D eigenvalue weighted by molar-refractivity contribution is 5.83. The van der Waals surface area contributed by atoms with E-state index >= 15 is 0 Å². The number of nitrogens with one attached hydrogen (secondary N) is 1. The van der Waals surface area contributed by atoms with Crippen molar-refractivity contribution in [1.82, 2.24) is 10.2 Å². The van der Waals surface area contributed by atoms with Crippen LogP contribution in [-0.4, -0.2) is 51.8 Å². The van der Waals surface area contributed by atoms with Crippen molar-refractivity contribution in [2.24, 2.45) is 11.8 Å². The number of urea groups is 1. The van der Waals surface area contributed by atoms with Crippen LogP contribution in [0.1, 0.15) is 39.5 Å². The van der Waals surface area contributed by atoms with E-state index in [1.807, 2.05) is 0 Å². The number of nitrogens with zero attached hydrogens (tertiary/aromatic N) is 1. The van der Waals surface area contributed by atoms with Crippen molar-refractivity contribution in [2.75, 3.05) is 6.54 Å². The van der Waals surface area contributed by atoms with Crippen LogP contribution in [0, 0.1) is 11.8 Å². The fourth-order valence-corrected chi connectivity index (χ4v) is 3.21. The Balaban J connectivity index is 1.92. The molecule has 114 valence electrons. The summed E-state index contributed by atoms with van der Waals surface area (Å²) in [5, 5.41) is 21.6. The maximum atomic E-state index is 12.2. The normalized spacial score (nSPS) is 37.8. The maximum absolute atomic E-state index is 12.2. The van der Waals surface area contributed by atoms with Crippen LogP contribution in [0.5, 0.6) is 0 Å². The van der Waals surface area contributed by atoms with Crippen molar-refractivity contribution in [3.63, 3.8) is 0 Å². The zero-order chi connectivity index (χ0) is 14.9. The lowest BCUT2D eigenvalue weighted by Crippen LogP contribution is -2.50. The molecule has 3 N–H and O–H groups in total. The third-order valence-corrected chi connectivity index (χ3v) is 4.75. The molecule has 20 heavy (non-hydrogen) atoms. The minimum atomic E-state index is -1.05. The van der Waals surface area contributed by atoms with Gasteiger partial charge >= 0.3 is 12.0 Å². The van der Waals surface area contributed by atoms with Gasteiger partial charge in [-0.1, -0.05) is 13.8 Å². The predicted octanol–water partition coefficient (Wildman–Crippen LogP) is 1.04. The fraction of sp³-hybridized carbons (Fsp3) is 0.857. The number of hydrogen-bond donors (Lipinski definition) is 3. The average molecular weight is 284 g/mol. The molecule has 3 unspecified atom stereocenters. The molecule has 1 saturated carbocycles. The molecular weight excluding hydrogens is 260 g/mol. The summed E-state index contributed by atoms with van der Waals surface area (Å²) in [5.74, 6) is 0.180. The van der Waals surface area contributed by atoms with Crippen LogP contribution in [0.4, 0.5) is 4.79 Å². The largest absolute Gasteiger partial charge is 0.480 e. The summed E-state index contributed by atoms with van der Waals surface area (Å²) in [5.41, 5.74) is 0. The second-order valence-corrected chi connectivity index (χ2v) is 6.31. The Hall–Kier alpha value is -1.30. The highest BCUT2D eigenvalue weighted by atomic mass is 16.4. The van der Waals surface area contributed by atoms with E-state index in [1.165, 1.54) is 4.90 Å². The van der Waals surface area contributed by atoms with Gasteiger partial charge in [0, 0.05) is 19.0 Å². The lowest BCUT2D eigenvalue weighted by Gasteiger charge is -2.34. The van der Waals surface area contributed by atoms with Crippen molar-refractivity contribution in [2.45, 2.75) is 57.7 Å². The number of aliphatic hydroxyl groups is 1. The Morgan fingerprint density at radius 3 is 2.45 bits per heavy atom. The van der Waals surface area contributed by atoms with Crippen molar-refractivity contribution in [3.05, 3.63) is 0 Å². The number of rotatable bonds is 2. The van der Waals surface area contributed by atoms with Gasteiger partial charge < -0.3 is 20.4 Å². The van der Waals surface area contributed by atoms with Gasteiger partial charge in [-0.05, 0) is 31.1 Å². The first-order valence-electron chi connectivity index (χ1n) is 7.36. The summed E-state index contributed by atoms with van der Waals surface area (Å²) in [6, 6.07) is -1.16. The van der Waals surface area contributed by atoms with E-state index in [1.54, 1.807) is 0 Å². The molecule has 1 saturated heterocycles. The van der Waals surface area contributed by atoms with Crippen LogP contribution >= 0.6 is 0 Å². The lowest BCUT2D eigenvalue weighted by atomic mass is 9.79. The molecule has 0 aromatic heterocycles. The summed E-state index contributed by atoms with van der Waals surface area (Å²) in [6.45, 7) is 4.50. The van der Waals surface area contributed by atoms with Gasteiger partial charge in [-0.2, -0.15) is 0 Å². The van der Waals surface area contributed by atoms with Gasteiger partial charge in [-0.15, -0.1) is 0 Å². The van der Waals surface area contributed by atoms with Crippen LogP contribution in [0.3, 0.4) is 0 Å². The zero-order valence-electron chi connectivity index (χ0n) is 12.1. The average Bonchev–Trinajstić information content (AvgIpc) is 2.76. The van der Waals surface area contributed by atoms with Crippen LogP contribution in [-0.2, 0) is 4.79 Å². The Morgan fingerprint density at radius 2 is 1.85 bits per heavy atom. The van der Waals surface area contributed by atoms with E-state index in [-0.39, 0.29) is 25.0 Å². The molecule has 0 aromatic rings. The van der Waals surface area contributed by atoms with E-state index < -0.39 is 18.1 Å². The molecule has 0 bridgehead atoms. The number of likely N-dealkylation sites (tertiary alicyclic amines) is 1. The second-order valence-electron chi connectivity index (χ2n) is 6.31. The number of carbonyl (C=O) groups excluding carboxylic acids is 1. The van der Waals surface area contributed by atoms with Gasteiger partial charge in [0.25, 0.3) is 0 Å². The summed E-state index contributed by atoms with van der Waals surface area (Å²) in [4.78, 5) is 24.6. The van der Waals surface area contributed by atoms with E-state index in [4.69, 9.17) is 5.11 Å². The van der Waals surface area contributed by atoms with E-state index in [9.17, 15) is 14.7 Å². The highest BCUT2D eigenvalue weighted by Crippen LogP contribution is 2.29. The minimum Gasteiger partial charge on any atom is -0.480 e. The van der Waals surface area contributed by atoms with E-state index in [0.717, 1.165) is 19.3 Å². The summed E-state index contributed by atoms with van der Waals surface area (Å²) in [7, 11) is 0. The highest BCUT2D eigenvalue weighted by Gasteiger charge is 2.39. The third kappa shape index (κ3) is 3.23. The molecule has 0 spiro atoms. The van der Waals surface area contributed by atoms with Crippen molar-refractivity contribution in [1.29, 1.82) is 0 Å². The quantitative estimate of drug-likeness (QED) is 0.707. The number of carbonyl (C=O) groups is 2. The van der Waals surface area contributed by atoms with Gasteiger partial charge in [0.1, 0.15) is 6.04 Å². The third-order valence-electron chi connectivity index (χ3n) is 4.75. The fourth-order valence-electron chi connectivity index (χ4n) is 3.21.